The lowest BCUT2D eigenvalue weighted by atomic mass is 10.0. The second kappa shape index (κ2) is 16.4. The van der Waals surface area contributed by atoms with Crippen LogP contribution in [0.15, 0.2) is 181 Å². The Kier molecular flexibility index (Phi) is 10.6. The van der Waals surface area contributed by atoms with Crippen molar-refractivity contribution < 1.29 is 0 Å². The van der Waals surface area contributed by atoms with Crippen molar-refractivity contribution in [1.82, 2.24) is 0 Å². The van der Waals surface area contributed by atoms with Gasteiger partial charge in [-0.05, 0) is 82.9 Å². The van der Waals surface area contributed by atoms with Gasteiger partial charge in [-0.15, -0.1) is 0 Å². The van der Waals surface area contributed by atoms with Gasteiger partial charge in [0.25, 0.3) is 0 Å². The molecule has 0 bridgehead atoms. The highest BCUT2D eigenvalue weighted by atomic mass is 14.0. The van der Waals surface area contributed by atoms with E-state index in [0.717, 1.165) is 55.7 Å². The number of hydrogen-bond donors (Lipinski definition) is 0. The topological polar surface area (TPSA) is 0 Å². The predicted octanol–water partition coefficient (Wildman–Crippen LogP) is 10.3. The molecule has 0 aliphatic rings. The predicted molar refractivity (Wildman–Crippen MR) is 201 cm³/mol. The third-order valence-corrected chi connectivity index (χ3v) is 7.24. The van der Waals surface area contributed by atoms with Gasteiger partial charge in [0.15, 0.2) is 0 Å². The first kappa shape index (κ1) is 31.0. The molecule has 48 heavy (non-hydrogen) atoms. The second-order valence-electron chi connectivity index (χ2n) is 10.8. The zero-order valence-electron chi connectivity index (χ0n) is 26.3. The van der Waals surface area contributed by atoms with E-state index in [1.165, 1.54) is 0 Å². The summed E-state index contributed by atoms with van der Waals surface area (Å²) in [5.41, 5.74) is 9.67. The molecule has 0 aromatic heterocycles. The molecule has 0 saturated heterocycles. The molecule has 0 N–H and O–H groups in total. The molecule has 0 radical (unpaired) electrons. The summed E-state index contributed by atoms with van der Waals surface area (Å²) in [5, 5.41) is 0. The van der Waals surface area contributed by atoms with E-state index in [4.69, 9.17) is 0 Å². The van der Waals surface area contributed by atoms with Gasteiger partial charge in [-0.25, -0.2) is 0 Å². The Balaban J connectivity index is 1.23. The summed E-state index contributed by atoms with van der Waals surface area (Å²) >= 11 is 0. The molecule has 0 atom stereocenters. The van der Waals surface area contributed by atoms with Crippen LogP contribution in [0, 0.1) is 47.4 Å². The molecule has 0 amide bonds. The standard InChI is InChI=1S/C48H30/c1-5-13-39(14-6-1)21-25-43(26-22-40-15-7-2-8-16-40)37-45-29-33-47(34-30-45)48-35-31-46(32-36-48)38-44(27-23-41-17-9-3-10-18-41)28-24-42-19-11-4-12-20-42/h1-20,29-38H. The fraction of sp³-hybridized carbons (Fsp3) is 0. The van der Waals surface area contributed by atoms with E-state index < -0.39 is 0 Å². The van der Waals surface area contributed by atoms with Crippen LogP contribution in [0.1, 0.15) is 33.4 Å². The van der Waals surface area contributed by atoms with E-state index in [9.17, 15) is 0 Å². The Morgan fingerprint density at radius 1 is 0.292 bits per heavy atom. The molecule has 6 rings (SSSR count). The van der Waals surface area contributed by atoms with Gasteiger partial charge in [0.1, 0.15) is 0 Å². The molecule has 0 nitrogen and oxygen atoms in total. The normalized spacial score (nSPS) is 9.42. The third kappa shape index (κ3) is 9.52. The van der Waals surface area contributed by atoms with Crippen molar-refractivity contribution in [3.05, 3.63) is 214 Å². The number of benzene rings is 6. The molecule has 6 aromatic carbocycles. The van der Waals surface area contributed by atoms with Gasteiger partial charge in [0, 0.05) is 22.3 Å². The smallest absolute Gasteiger partial charge is 0.0622 e. The monoisotopic (exact) mass is 606 g/mol. The fourth-order valence-electron chi connectivity index (χ4n) is 4.73. The van der Waals surface area contributed by atoms with E-state index >= 15 is 0 Å². The van der Waals surface area contributed by atoms with E-state index in [2.05, 4.69) is 95.9 Å². The minimum Gasteiger partial charge on any atom is -0.0622 e. The van der Waals surface area contributed by atoms with Crippen molar-refractivity contribution in [1.29, 1.82) is 0 Å². The summed E-state index contributed by atoms with van der Waals surface area (Å²) in [6.45, 7) is 0. The summed E-state index contributed by atoms with van der Waals surface area (Å²) < 4.78 is 0. The molecular formula is C48H30. The Morgan fingerprint density at radius 3 is 0.792 bits per heavy atom. The molecular weight excluding hydrogens is 577 g/mol. The lowest BCUT2D eigenvalue weighted by molar-refractivity contribution is 1.58. The SMILES string of the molecule is C(#Cc1ccccc1)C(C#Cc1ccccc1)=Cc1ccc(-c2ccc(C=C(C#Cc3ccccc3)C#Cc3ccccc3)cc2)cc1. The van der Waals surface area contributed by atoms with Gasteiger partial charge in [0.2, 0.25) is 0 Å². The van der Waals surface area contributed by atoms with Gasteiger partial charge in [-0.1, -0.05) is 169 Å². The van der Waals surface area contributed by atoms with Crippen molar-refractivity contribution in [3.63, 3.8) is 0 Å². The molecule has 0 spiro atoms. The summed E-state index contributed by atoms with van der Waals surface area (Å²) in [6, 6.07) is 56.8. The first-order valence-corrected chi connectivity index (χ1v) is 15.7. The molecule has 0 saturated carbocycles. The quantitative estimate of drug-likeness (QED) is 0.176. The van der Waals surface area contributed by atoms with Crippen molar-refractivity contribution in [3.8, 4) is 58.5 Å². The van der Waals surface area contributed by atoms with Crippen LogP contribution in [-0.2, 0) is 0 Å². The molecule has 0 aliphatic carbocycles. The van der Waals surface area contributed by atoms with Gasteiger partial charge >= 0.3 is 0 Å². The van der Waals surface area contributed by atoms with E-state index in [1.54, 1.807) is 0 Å². The highest BCUT2D eigenvalue weighted by Gasteiger charge is 2.00. The van der Waals surface area contributed by atoms with E-state index in [1.807, 2.05) is 133 Å². The Bertz CT molecular complexity index is 1990. The minimum absolute atomic E-state index is 0.758. The van der Waals surface area contributed by atoms with Gasteiger partial charge in [-0.3, -0.25) is 0 Å². The van der Waals surface area contributed by atoms with Crippen LogP contribution in [0.3, 0.4) is 0 Å². The number of hydrogen-bond acceptors (Lipinski definition) is 0. The average molecular weight is 607 g/mol. The Labute approximate surface area is 284 Å². The van der Waals surface area contributed by atoms with Crippen LogP contribution in [0.2, 0.25) is 0 Å². The Hall–Kier alpha value is -6.96. The highest BCUT2D eigenvalue weighted by Crippen LogP contribution is 2.22. The largest absolute Gasteiger partial charge is 0.0757 e. The van der Waals surface area contributed by atoms with Crippen molar-refractivity contribution in [2.75, 3.05) is 0 Å². The number of rotatable bonds is 3. The van der Waals surface area contributed by atoms with Gasteiger partial charge in [0.05, 0.1) is 11.1 Å². The first-order valence-electron chi connectivity index (χ1n) is 15.7. The van der Waals surface area contributed by atoms with Crippen LogP contribution in [-0.4, -0.2) is 0 Å². The van der Waals surface area contributed by atoms with Crippen molar-refractivity contribution >= 4 is 12.2 Å². The maximum absolute atomic E-state index is 3.27. The second-order valence-corrected chi connectivity index (χ2v) is 10.8. The van der Waals surface area contributed by atoms with Gasteiger partial charge in [-0.2, -0.15) is 0 Å². The third-order valence-electron chi connectivity index (χ3n) is 7.24. The van der Waals surface area contributed by atoms with Crippen molar-refractivity contribution in [2.24, 2.45) is 0 Å². The molecule has 0 fully saturated rings. The summed E-state index contributed by atoms with van der Waals surface area (Å²) in [5.74, 6) is 26.1. The molecule has 222 valence electrons. The minimum atomic E-state index is 0.758. The maximum atomic E-state index is 3.27. The zero-order valence-corrected chi connectivity index (χ0v) is 26.3. The average Bonchev–Trinajstić information content (AvgIpc) is 3.16. The van der Waals surface area contributed by atoms with Crippen LogP contribution < -0.4 is 0 Å². The molecule has 0 heterocycles. The molecule has 0 aliphatic heterocycles. The first-order chi connectivity index (χ1) is 23.8. The van der Waals surface area contributed by atoms with Crippen LogP contribution in [0.25, 0.3) is 23.3 Å². The molecule has 6 aromatic rings. The zero-order chi connectivity index (χ0) is 32.6. The Morgan fingerprint density at radius 2 is 0.542 bits per heavy atom. The summed E-state index contributed by atoms with van der Waals surface area (Å²) in [4.78, 5) is 0. The van der Waals surface area contributed by atoms with Crippen molar-refractivity contribution in [2.45, 2.75) is 0 Å². The van der Waals surface area contributed by atoms with Gasteiger partial charge < -0.3 is 0 Å². The van der Waals surface area contributed by atoms with Crippen LogP contribution >= 0.6 is 0 Å². The maximum Gasteiger partial charge on any atom is 0.0757 e. The highest BCUT2D eigenvalue weighted by molar-refractivity contribution is 5.72. The lowest BCUT2D eigenvalue weighted by Crippen LogP contribution is -1.83. The molecule has 0 heteroatoms. The van der Waals surface area contributed by atoms with E-state index in [-0.39, 0.29) is 0 Å². The van der Waals surface area contributed by atoms with Crippen LogP contribution in [0.5, 0.6) is 0 Å². The van der Waals surface area contributed by atoms with Crippen LogP contribution in [0.4, 0.5) is 0 Å². The fourth-order valence-corrected chi connectivity index (χ4v) is 4.73. The summed E-state index contributed by atoms with van der Waals surface area (Å²) in [7, 11) is 0. The molecule has 0 unspecified atom stereocenters. The number of allylic oxidation sites excluding steroid dienone is 2. The van der Waals surface area contributed by atoms with E-state index in [0.29, 0.717) is 0 Å². The summed E-state index contributed by atoms with van der Waals surface area (Å²) in [6.07, 6.45) is 4.08. The lowest BCUT2D eigenvalue weighted by Gasteiger charge is -2.04.